The molecule has 1 heterocycles. The van der Waals surface area contributed by atoms with Crippen molar-refractivity contribution in [3.8, 4) is 5.69 Å². The zero-order chi connectivity index (χ0) is 15.6. The van der Waals surface area contributed by atoms with Gasteiger partial charge in [-0.1, -0.05) is 13.8 Å². The van der Waals surface area contributed by atoms with Gasteiger partial charge in [0, 0.05) is 30.0 Å². The van der Waals surface area contributed by atoms with E-state index < -0.39 is 11.7 Å². The summed E-state index contributed by atoms with van der Waals surface area (Å²) < 4.78 is 39.6. The van der Waals surface area contributed by atoms with E-state index in [2.05, 4.69) is 18.8 Å². The normalized spacial score (nSPS) is 13.7. The summed E-state index contributed by atoms with van der Waals surface area (Å²) in [6.45, 7) is 4.58. The van der Waals surface area contributed by atoms with E-state index in [4.69, 9.17) is 5.73 Å². The number of rotatable bonds is 4. The van der Waals surface area contributed by atoms with Crippen molar-refractivity contribution in [3.63, 3.8) is 0 Å². The summed E-state index contributed by atoms with van der Waals surface area (Å²) >= 11 is 0. The number of aromatic nitrogens is 2. The number of alkyl halides is 3. The molecule has 2 rings (SSSR count). The molecule has 0 aliphatic carbocycles. The van der Waals surface area contributed by atoms with Gasteiger partial charge in [0.05, 0.1) is 11.9 Å². The molecule has 0 spiro atoms. The van der Waals surface area contributed by atoms with Gasteiger partial charge in [0.1, 0.15) is 0 Å². The summed E-state index contributed by atoms with van der Waals surface area (Å²) in [4.78, 5) is 4.11. The van der Waals surface area contributed by atoms with E-state index in [1.165, 1.54) is 12.1 Å². The van der Waals surface area contributed by atoms with Crippen molar-refractivity contribution in [1.82, 2.24) is 9.55 Å². The number of nitrogens with two attached hydrogens (primary N) is 1. The lowest BCUT2D eigenvalue weighted by atomic mass is 9.93. The Hall–Kier alpha value is -1.82. The van der Waals surface area contributed by atoms with Crippen LogP contribution in [0, 0.1) is 5.92 Å². The van der Waals surface area contributed by atoms with E-state index in [1.54, 1.807) is 17.1 Å². The topological polar surface area (TPSA) is 43.8 Å². The zero-order valence-electron chi connectivity index (χ0n) is 11.9. The van der Waals surface area contributed by atoms with Crippen molar-refractivity contribution < 1.29 is 13.2 Å². The second-order valence-corrected chi connectivity index (χ2v) is 5.32. The summed E-state index contributed by atoms with van der Waals surface area (Å²) in [6, 6.07) is 5.04. The first kappa shape index (κ1) is 15.6. The molecule has 2 aromatic rings. The Balaban J connectivity index is 2.38. The molecule has 0 aliphatic heterocycles. The van der Waals surface area contributed by atoms with Crippen molar-refractivity contribution in [2.75, 3.05) is 6.54 Å². The minimum absolute atomic E-state index is 0.106. The van der Waals surface area contributed by atoms with Crippen molar-refractivity contribution in [1.29, 1.82) is 0 Å². The highest BCUT2D eigenvalue weighted by molar-refractivity contribution is 5.38. The molecule has 1 aromatic heterocycles. The lowest BCUT2D eigenvalue weighted by molar-refractivity contribution is -0.137. The molecule has 1 atom stereocenters. The smallest absolute Gasteiger partial charge is 0.330 e. The van der Waals surface area contributed by atoms with Crippen LogP contribution in [0.2, 0.25) is 0 Å². The Kier molecular flexibility index (Phi) is 4.37. The van der Waals surface area contributed by atoms with Crippen molar-refractivity contribution >= 4 is 0 Å². The van der Waals surface area contributed by atoms with Crippen LogP contribution in [0.3, 0.4) is 0 Å². The van der Waals surface area contributed by atoms with Gasteiger partial charge < -0.3 is 10.3 Å². The Morgan fingerprint density at radius 3 is 2.29 bits per heavy atom. The van der Waals surface area contributed by atoms with Crippen LogP contribution in [0.1, 0.15) is 31.0 Å². The number of hydrogen-bond acceptors (Lipinski definition) is 2. The fraction of sp³-hybridized carbons (Fsp3) is 0.400. The molecule has 1 unspecified atom stereocenters. The van der Waals surface area contributed by atoms with Gasteiger partial charge >= 0.3 is 6.18 Å². The number of imidazole rings is 1. The molecule has 114 valence electrons. The Labute approximate surface area is 121 Å². The van der Waals surface area contributed by atoms with E-state index in [0.29, 0.717) is 18.2 Å². The van der Waals surface area contributed by atoms with Gasteiger partial charge in [-0.15, -0.1) is 0 Å². The van der Waals surface area contributed by atoms with Crippen LogP contribution in [0.25, 0.3) is 5.69 Å². The molecule has 0 bridgehead atoms. The lowest BCUT2D eigenvalue weighted by Gasteiger charge is -2.20. The highest BCUT2D eigenvalue weighted by Gasteiger charge is 2.30. The molecular weight excluding hydrogens is 279 g/mol. The molecule has 2 N–H and O–H groups in total. The number of nitrogens with zero attached hydrogens (tertiary/aromatic N) is 2. The van der Waals surface area contributed by atoms with Crippen LogP contribution in [-0.4, -0.2) is 16.1 Å². The van der Waals surface area contributed by atoms with Crippen molar-refractivity contribution in [2.45, 2.75) is 25.9 Å². The summed E-state index contributed by atoms with van der Waals surface area (Å²) in [5, 5.41) is 0. The highest BCUT2D eigenvalue weighted by Crippen LogP contribution is 2.30. The molecule has 0 saturated carbocycles. The molecule has 6 heteroatoms. The second kappa shape index (κ2) is 5.89. The third kappa shape index (κ3) is 3.26. The molecule has 0 fully saturated rings. The molecule has 0 amide bonds. The number of hydrogen-bond donors (Lipinski definition) is 1. The maximum absolute atomic E-state index is 12.6. The standard InChI is InChI=1S/C15H18F3N3/c1-10(2)13(7-19)14-8-20-9-21(14)12-5-3-11(4-6-12)15(16,17)18/h3-6,8-10,13H,7,19H2,1-2H3. The summed E-state index contributed by atoms with van der Waals surface area (Å²) in [6.07, 6.45) is -1.01. The Morgan fingerprint density at radius 2 is 1.81 bits per heavy atom. The molecule has 0 saturated heterocycles. The fourth-order valence-electron chi connectivity index (χ4n) is 2.34. The van der Waals surface area contributed by atoms with E-state index in [-0.39, 0.29) is 5.92 Å². The number of halogens is 3. The second-order valence-electron chi connectivity index (χ2n) is 5.32. The first-order valence-electron chi connectivity index (χ1n) is 6.74. The van der Waals surface area contributed by atoms with Crippen molar-refractivity contribution in [2.24, 2.45) is 11.7 Å². The molecule has 1 aromatic carbocycles. The van der Waals surface area contributed by atoms with Crippen LogP contribution in [0.15, 0.2) is 36.8 Å². The third-order valence-corrected chi connectivity index (χ3v) is 3.58. The van der Waals surface area contributed by atoms with Gasteiger partial charge in [0.2, 0.25) is 0 Å². The van der Waals surface area contributed by atoms with E-state index in [0.717, 1.165) is 17.8 Å². The number of benzene rings is 1. The molecule has 0 radical (unpaired) electrons. The highest BCUT2D eigenvalue weighted by atomic mass is 19.4. The Bertz CT molecular complexity index is 585. The molecular formula is C15H18F3N3. The lowest BCUT2D eigenvalue weighted by Crippen LogP contribution is -2.20. The molecule has 0 aliphatic rings. The summed E-state index contributed by atoms with van der Waals surface area (Å²) in [5.74, 6) is 0.426. The average molecular weight is 297 g/mol. The SMILES string of the molecule is CC(C)C(CN)c1cncn1-c1ccc(C(F)(F)F)cc1. The predicted molar refractivity (Wildman–Crippen MR) is 75.2 cm³/mol. The summed E-state index contributed by atoms with van der Waals surface area (Å²) in [7, 11) is 0. The quantitative estimate of drug-likeness (QED) is 0.937. The molecule has 3 nitrogen and oxygen atoms in total. The minimum atomic E-state index is -4.33. The van der Waals surface area contributed by atoms with Gasteiger partial charge in [0.15, 0.2) is 0 Å². The average Bonchev–Trinajstić information content (AvgIpc) is 2.87. The Morgan fingerprint density at radius 1 is 1.19 bits per heavy atom. The minimum Gasteiger partial charge on any atom is -0.330 e. The van der Waals surface area contributed by atoms with E-state index in [9.17, 15) is 13.2 Å². The fourth-order valence-corrected chi connectivity index (χ4v) is 2.34. The van der Waals surface area contributed by atoms with Crippen LogP contribution in [0.5, 0.6) is 0 Å². The first-order chi connectivity index (χ1) is 9.84. The summed E-state index contributed by atoms with van der Waals surface area (Å²) in [5.41, 5.74) is 6.70. The monoisotopic (exact) mass is 297 g/mol. The molecule has 21 heavy (non-hydrogen) atoms. The van der Waals surface area contributed by atoms with Crippen molar-refractivity contribution in [3.05, 3.63) is 48.0 Å². The van der Waals surface area contributed by atoms with E-state index in [1.807, 2.05) is 0 Å². The van der Waals surface area contributed by atoms with Gasteiger partial charge in [-0.25, -0.2) is 4.98 Å². The largest absolute Gasteiger partial charge is 0.416 e. The van der Waals surface area contributed by atoms with Gasteiger partial charge in [-0.2, -0.15) is 13.2 Å². The first-order valence-corrected chi connectivity index (χ1v) is 6.74. The van der Waals surface area contributed by atoms with Crippen LogP contribution < -0.4 is 5.73 Å². The van der Waals surface area contributed by atoms with Crippen LogP contribution in [-0.2, 0) is 6.18 Å². The maximum atomic E-state index is 12.6. The van der Waals surface area contributed by atoms with Gasteiger partial charge in [-0.3, -0.25) is 0 Å². The van der Waals surface area contributed by atoms with Gasteiger partial charge in [-0.05, 0) is 30.2 Å². The van der Waals surface area contributed by atoms with Gasteiger partial charge in [0.25, 0.3) is 0 Å². The van der Waals surface area contributed by atoms with Crippen LogP contribution in [0.4, 0.5) is 13.2 Å². The predicted octanol–water partition coefficient (Wildman–Crippen LogP) is 3.59. The third-order valence-electron chi connectivity index (χ3n) is 3.58. The van der Waals surface area contributed by atoms with E-state index >= 15 is 0 Å². The maximum Gasteiger partial charge on any atom is 0.416 e. The zero-order valence-corrected chi connectivity index (χ0v) is 11.9. The van der Waals surface area contributed by atoms with Crippen LogP contribution >= 0.6 is 0 Å².